The Balaban J connectivity index is 1.52. The van der Waals surface area contributed by atoms with Crippen LogP contribution >= 0.6 is 0 Å². The number of piperidine rings is 1. The lowest BCUT2D eigenvalue weighted by molar-refractivity contribution is -0.143. The van der Waals surface area contributed by atoms with Crippen molar-refractivity contribution in [3.05, 3.63) is 53.6 Å². The van der Waals surface area contributed by atoms with E-state index in [2.05, 4.69) is 46.2 Å². The van der Waals surface area contributed by atoms with Crippen LogP contribution in [0, 0.1) is 5.92 Å². The van der Waals surface area contributed by atoms with Crippen LogP contribution in [0.2, 0.25) is 0 Å². The molecule has 0 saturated carbocycles. The molecule has 1 N–H and O–H groups in total. The summed E-state index contributed by atoms with van der Waals surface area (Å²) in [5.74, 6) is 0.0123. The van der Waals surface area contributed by atoms with Crippen molar-refractivity contribution in [2.75, 3.05) is 38.2 Å². The number of carboxylic acid groups (broad SMARTS) is 1. The molecule has 2 heterocycles. The van der Waals surface area contributed by atoms with E-state index in [0.717, 1.165) is 57.5 Å². The third-order valence-corrected chi connectivity index (χ3v) is 6.24. The second kappa shape index (κ2) is 8.87. The first kappa shape index (κ1) is 19.8. The van der Waals surface area contributed by atoms with Gasteiger partial charge < -0.3 is 19.6 Å². The number of aliphatic carboxylic acids is 1. The van der Waals surface area contributed by atoms with Crippen molar-refractivity contribution < 1.29 is 14.6 Å². The van der Waals surface area contributed by atoms with E-state index in [0.29, 0.717) is 6.54 Å². The van der Waals surface area contributed by atoms with Crippen LogP contribution in [-0.2, 0) is 17.6 Å². The van der Waals surface area contributed by atoms with Crippen LogP contribution < -0.4 is 9.64 Å². The number of nitrogens with zero attached hydrogens (tertiary/aromatic N) is 2. The maximum Gasteiger partial charge on any atom is 0.307 e. The molecule has 4 rings (SSSR count). The van der Waals surface area contributed by atoms with Crippen LogP contribution in [0.25, 0.3) is 0 Å². The van der Waals surface area contributed by atoms with Crippen molar-refractivity contribution in [3.8, 4) is 5.75 Å². The van der Waals surface area contributed by atoms with E-state index in [-0.39, 0.29) is 5.92 Å². The lowest BCUT2D eigenvalue weighted by Crippen LogP contribution is -2.39. The molecule has 0 bridgehead atoms. The molecular formula is C24H30N2O3. The fourth-order valence-electron chi connectivity index (χ4n) is 4.67. The minimum Gasteiger partial charge on any atom is -0.497 e. The molecule has 0 aromatic heterocycles. The van der Waals surface area contributed by atoms with Crippen molar-refractivity contribution >= 4 is 17.3 Å². The van der Waals surface area contributed by atoms with Gasteiger partial charge in [0.1, 0.15) is 5.75 Å². The highest BCUT2D eigenvalue weighted by molar-refractivity contribution is 5.72. The Labute approximate surface area is 172 Å². The normalized spacial score (nSPS) is 19.2. The SMILES string of the molecule is COc1ccc2c(c1)N(CCCN1CCCC(C(=O)O)C1)c1ccccc1CC2. The molecule has 1 atom stereocenters. The number of fused-ring (bicyclic) bond motifs is 2. The fraction of sp³-hybridized carbons (Fsp3) is 0.458. The molecule has 2 aromatic rings. The Morgan fingerprint density at radius 2 is 1.90 bits per heavy atom. The number of rotatable bonds is 6. The molecule has 1 saturated heterocycles. The molecule has 1 unspecified atom stereocenters. The summed E-state index contributed by atoms with van der Waals surface area (Å²) in [6.07, 6.45) is 4.84. The number of benzene rings is 2. The number of methoxy groups -OCH3 is 1. The van der Waals surface area contributed by atoms with Gasteiger partial charge in [0.15, 0.2) is 0 Å². The third kappa shape index (κ3) is 4.40. The van der Waals surface area contributed by atoms with Gasteiger partial charge in [-0.1, -0.05) is 24.3 Å². The number of aryl methyl sites for hydroxylation is 2. The van der Waals surface area contributed by atoms with Gasteiger partial charge in [0.25, 0.3) is 0 Å². The van der Waals surface area contributed by atoms with Gasteiger partial charge in [-0.05, 0) is 68.5 Å². The Hall–Kier alpha value is -2.53. The molecule has 2 aromatic carbocycles. The number of likely N-dealkylation sites (tertiary alicyclic amines) is 1. The number of carbonyl (C=O) groups is 1. The molecule has 2 aliphatic heterocycles. The molecule has 0 spiro atoms. The van der Waals surface area contributed by atoms with E-state index in [1.54, 1.807) is 7.11 Å². The van der Waals surface area contributed by atoms with E-state index in [1.807, 2.05) is 6.07 Å². The summed E-state index contributed by atoms with van der Waals surface area (Å²) >= 11 is 0. The largest absolute Gasteiger partial charge is 0.497 e. The molecule has 2 aliphatic rings. The van der Waals surface area contributed by atoms with Crippen LogP contribution in [0.4, 0.5) is 11.4 Å². The third-order valence-electron chi connectivity index (χ3n) is 6.24. The zero-order valence-corrected chi connectivity index (χ0v) is 17.1. The van der Waals surface area contributed by atoms with Crippen molar-refractivity contribution in [1.82, 2.24) is 4.90 Å². The van der Waals surface area contributed by atoms with Gasteiger partial charge >= 0.3 is 5.97 Å². The molecule has 0 radical (unpaired) electrons. The number of hydrogen-bond acceptors (Lipinski definition) is 4. The molecule has 0 aliphatic carbocycles. The standard InChI is InChI=1S/C24H30N2O3/c1-29-21-12-11-19-10-9-18-6-2-3-8-22(18)26(23(19)16-21)15-5-14-25-13-4-7-20(17-25)24(27)28/h2-3,6,8,11-12,16,20H,4-5,7,9-10,13-15,17H2,1H3,(H,27,28). The number of para-hydroxylation sites is 1. The minimum atomic E-state index is -0.655. The van der Waals surface area contributed by atoms with Gasteiger partial charge in [-0.25, -0.2) is 0 Å². The second-order valence-electron chi connectivity index (χ2n) is 8.11. The first-order chi connectivity index (χ1) is 14.2. The zero-order chi connectivity index (χ0) is 20.2. The summed E-state index contributed by atoms with van der Waals surface area (Å²) in [7, 11) is 1.71. The van der Waals surface area contributed by atoms with Crippen LogP contribution in [0.1, 0.15) is 30.4 Å². The molecule has 1 fully saturated rings. The van der Waals surface area contributed by atoms with Crippen molar-refractivity contribution in [2.24, 2.45) is 5.92 Å². The zero-order valence-electron chi connectivity index (χ0n) is 17.1. The topological polar surface area (TPSA) is 53.0 Å². The Morgan fingerprint density at radius 3 is 2.69 bits per heavy atom. The molecule has 29 heavy (non-hydrogen) atoms. The van der Waals surface area contributed by atoms with E-state index < -0.39 is 5.97 Å². The molecular weight excluding hydrogens is 364 g/mol. The first-order valence-corrected chi connectivity index (χ1v) is 10.6. The van der Waals surface area contributed by atoms with Crippen LogP contribution in [0.15, 0.2) is 42.5 Å². The summed E-state index contributed by atoms with van der Waals surface area (Å²) in [4.78, 5) is 16.1. The van der Waals surface area contributed by atoms with Crippen LogP contribution in [0.5, 0.6) is 5.75 Å². The van der Waals surface area contributed by atoms with E-state index in [4.69, 9.17) is 4.74 Å². The number of ether oxygens (including phenoxy) is 1. The lowest BCUT2D eigenvalue weighted by atomic mass is 9.98. The first-order valence-electron chi connectivity index (χ1n) is 10.6. The number of carboxylic acids is 1. The van der Waals surface area contributed by atoms with Crippen LogP contribution in [0.3, 0.4) is 0 Å². The van der Waals surface area contributed by atoms with Crippen LogP contribution in [-0.4, -0.2) is 49.3 Å². The molecule has 0 amide bonds. The Kier molecular flexibility index (Phi) is 6.05. The second-order valence-corrected chi connectivity index (χ2v) is 8.11. The van der Waals surface area contributed by atoms with E-state index >= 15 is 0 Å². The summed E-state index contributed by atoms with van der Waals surface area (Å²) < 4.78 is 5.50. The molecule has 5 nitrogen and oxygen atoms in total. The van der Waals surface area contributed by atoms with Gasteiger partial charge in [-0.2, -0.15) is 0 Å². The summed E-state index contributed by atoms with van der Waals surface area (Å²) in [5.41, 5.74) is 5.25. The monoisotopic (exact) mass is 394 g/mol. The predicted molar refractivity (Wildman–Crippen MR) is 115 cm³/mol. The van der Waals surface area contributed by atoms with E-state index in [9.17, 15) is 9.90 Å². The molecule has 5 heteroatoms. The average molecular weight is 395 g/mol. The van der Waals surface area contributed by atoms with Gasteiger partial charge in [0.2, 0.25) is 0 Å². The highest BCUT2D eigenvalue weighted by Crippen LogP contribution is 2.38. The van der Waals surface area contributed by atoms with Gasteiger partial charge in [0.05, 0.1) is 13.0 Å². The average Bonchev–Trinajstić information content (AvgIpc) is 2.91. The minimum absolute atomic E-state index is 0.215. The van der Waals surface area contributed by atoms with Gasteiger partial charge in [-0.15, -0.1) is 0 Å². The van der Waals surface area contributed by atoms with Crippen molar-refractivity contribution in [1.29, 1.82) is 0 Å². The molecule has 154 valence electrons. The fourth-order valence-corrected chi connectivity index (χ4v) is 4.67. The summed E-state index contributed by atoms with van der Waals surface area (Å²) in [6, 6.07) is 15.1. The Morgan fingerprint density at radius 1 is 1.10 bits per heavy atom. The van der Waals surface area contributed by atoms with Crippen molar-refractivity contribution in [2.45, 2.75) is 32.1 Å². The predicted octanol–water partition coefficient (Wildman–Crippen LogP) is 4.12. The highest BCUT2D eigenvalue weighted by Gasteiger charge is 2.26. The maximum absolute atomic E-state index is 11.3. The summed E-state index contributed by atoms with van der Waals surface area (Å²) in [5, 5.41) is 9.34. The van der Waals surface area contributed by atoms with Crippen molar-refractivity contribution in [3.63, 3.8) is 0 Å². The van der Waals surface area contributed by atoms with Gasteiger partial charge in [-0.3, -0.25) is 4.79 Å². The smallest absolute Gasteiger partial charge is 0.307 e. The highest BCUT2D eigenvalue weighted by atomic mass is 16.5. The number of anilines is 2. The number of hydrogen-bond donors (Lipinski definition) is 1. The maximum atomic E-state index is 11.3. The summed E-state index contributed by atoms with van der Waals surface area (Å²) in [6.45, 7) is 3.52. The lowest BCUT2D eigenvalue weighted by Gasteiger charge is -2.32. The van der Waals surface area contributed by atoms with Gasteiger partial charge in [0, 0.05) is 30.5 Å². The quantitative estimate of drug-likeness (QED) is 0.799. The van der Waals surface area contributed by atoms with E-state index in [1.165, 1.54) is 22.5 Å². The Bertz CT molecular complexity index is 867.